The molecule has 0 radical (unpaired) electrons. The van der Waals surface area contributed by atoms with Gasteiger partial charge in [0.25, 0.3) is 0 Å². The van der Waals surface area contributed by atoms with Crippen LogP contribution in [0.4, 0.5) is 5.95 Å². The molecule has 0 unspecified atom stereocenters. The second-order valence-corrected chi connectivity index (χ2v) is 4.28. The number of hydrogen-bond acceptors (Lipinski definition) is 6. The van der Waals surface area contributed by atoms with E-state index in [1.165, 1.54) is 0 Å². The van der Waals surface area contributed by atoms with Crippen LogP contribution in [0.25, 0.3) is 0 Å². The van der Waals surface area contributed by atoms with Crippen molar-refractivity contribution in [3.8, 4) is 0 Å². The molecule has 1 N–H and O–H groups in total. The van der Waals surface area contributed by atoms with Gasteiger partial charge in [0.05, 0.1) is 13.2 Å². The van der Waals surface area contributed by atoms with Crippen molar-refractivity contribution in [2.45, 2.75) is 13.5 Å². The van der Waals surface area contributed by atoms with Gasteiger partial charge in [0.1, 0.15) is 0 Å². The molecule has 0 spiro atoms. The minimum atomic E-state index is 0.643. The number of ether oxygens (including phenoxy) is 2. The van der Waals surface area contributed by atoms with Gasteiger partial charge in [0, 0.05) is 51.3 Å². The van der Waals surface area contributed by atoms with Crippen LogP contribution in [0.15, 0.2) is 6.20 Å². The predicted octanol–water partition coefficient (Wildman–Crippen LogP) is 0.604. The highest BCUT2D eigenvalue weighted by atomic mass is 16.5. The molecular weight excluding hydrogens is 244 g/mol. The molecule has 1 heterocycles. The number of aryl methyl sites for hydroxylation is 1. The van der Waals surface area contributed by atoms with Crippen LogP contribution in [0.1, 0.15) is 11.3 Å². The Kier molecular flexibility index (Phi) is 7.32. The van der Waals surface area contributed by atoms with Crippen molar-refractivity contribution in [1.82, 2.24) is 15.3 Å². The minimum absolute atomic E-state index is 0.643. The van der Waals surface area contributed by atoms with Crippen LogP contribution >= 0.6 is 0 Å². The van der Waals surface area contributed by atoms with Crippen LogP contribution in [0.3, 0.4) is 0 Å². The normalized spacial score (nSPS) is 10.7. The van der Waals surface area contributed by atoms with E-state index in [0.717, 1.165) is 36.8 Å². The fourth-order valence-electron chi connectivity index (χ4n) is 1.71. The van der Waals surface area contributed by atoms with Crippen LogP contribution in [-0.2, 0) is 16.0 Å². The van der Waals surface area contributed by atoms with Crippen LogP contribution in [0, 0.1) is 6.92 Å². The van der Waals surface area contributed by atoms with E-state index in [9.17, 15) is 0 Å². The summed E-state index contributed by atoms with van der Waals surface area (Å²) in [5.74, 6) is 0.728. The summed E-state index contributed by atoms with van der Waals surface area (Å²) < 4.78 is 10.2. The molecule has 0 bridgehead atoms. The third kappa shape index (κ3) is 5.10. The Labute approximate surface area is 115 Å². The largest absolute Gasteiger partial charge is 0.383 e. The van der Waals surface area contributed by atoms with Gasteiger partial charge >= 0.3 is 0 Å². The topological polar surface area (TPSA) is 59.5 Å². The summed E-state index contributed by atoms with van der Waals surface area (Å²) in [5.41, 5.74) is 2.11. The second kappa shape index (κ2) is 8.79. The minimum Gasteiger partial charge on any atom is -0.383 e. The Morgan fingerprint density at radius 2 is 1.84 bits per heavy atom. The Bertz CT molecular complexity index is 366. The van der Waals surface area contributed by atoms with Crippen LogP contribution in [-0.4, -0.2) is 57.5 Å². The summed E-state index contributed by atoms with van der Waals surface area (Å²) in [6.07, 6.45) is 1.88. The Balaban J connectivity index is 2.79. The van der Waals surface area contributed by atoms with Crippen molar-refractivity contribution in [1.29, 1.82) is 0 Å². The zero-order valence-electron chi connectivity index (χ0n) is 12.3. The van der Waals surface area contributed by atoms with E-state index in [4.69, 9.17) is 9.47 Å². The number of nitrogens with one attached hydrogen (secondary N) is 1. The third-order valence-corrected chi connectivity index (χ3v) is 2.85. The van der Waals surface area contributed by atoms with E-state index in [0.29, 0.717) is 13.2 Å². The summed E-state index contributed by atoms with van der Waals surface area (Å²) >= 11 is 0. The quantitative estimate of drug-likeness (QED) is 0.708. The summed E-state index contributed by atoms with van der Waals surface area (Å²) in [6.45, 7) is 5.58. The molecule has 0 fully saturated rings. The van der Waals surface area contributed by atoms with E-state index in [1.54, 1.807) is 14.2 Å². The summed E-state index contributed by atoms with van der Waals surface area (Å²) in [4.78, 5) is 11.1. The maximum atomic E-state index is 5.12. The van der Waals surface area contributed by atoms with Gasteiger partial charge in [0.15, 0.2) is 0 Å². The van der Waals surface area contributed by atoms with Crippen LogP contribution < -0.4 is 10.2 Å². The van der Waals surface area contributed by atoms with Crippen molar-refractivity contribution in [2.24, 2.45) is 0 Å². The average Bonchev–Trinajstić information content (AvgIpc) is 2.41. The molecule has 0 aromatic carbocycles. The SMILES string of the molecule is CNCc1cnc(N(CCOC)CCOC)nc1C. The molecule has 6 heteroatoms. The van der Waals surface area contributed by atoms with Gasteiger partial charge in [0.2, 0.25) is 5.95 Å². The molecule has 0 saturated heterocycles. The first-order valence-electron chi connectivity index (χ1n) is 6.42. The van der Waals surface area contributed by atoms with Crippen molar-refractivity contribution >= 4 is 5.95 Å². The molecule has 0 saturated carbocycles. The second-order valence-electron chi connectivity index (χ2n) is 4.28. The molecule has 1 aromatic rings. The third-order valence-electron chi connectivity index (χ3n) is 2.85. The standard InChI is InChI=1S/C13H24N4O2/c1-11-12(9-14-2)10-15-13(16-11)17(5-7-18-3)6-8-19-4/h10,14H,5-9H2,1-4H3. The van der Waals surface area contributed by atoms with E-state index >= 15 is 0 Å². The van der Waals surface area contributed by atoms with Crippen molar-refractivity contribution in [3.05, 3.63) is 17.5 Å². The van der Waals surface area contributed by atoms with E-state index in [2.05, 4.69) is 20.2 Å². The smallest absolute Gasteiger partial charge is 0.225 e. The lowest BCUT2D eigenvalue weighted by Crippen LogP contribution is -2.32. The highest BCUT2D eigenvalue weighted by Crippen LogP contribution is 2.11. The van der Waals surface area contributed by atoms with Gasteiger partial charge in [-0.25, -0.2) is 9.97 Å². The molecule has 0 atom stereocenters. The highest BCUT2D eigenvalue weighted by Gasteiger charge is 2.11. The van der Waals surface area contributed by atoms with E-state index in [1.807, 2.05) is 20.2 Å². The van der Waals surface area contributed by atoms with Crippen LogP contribution in [0.2, 0.25) is 0 Å². The van der Waals surface area contributed by atoms with Crippen molar-refractivity contribution in [2.75, 3.05) is 52.5 Å². The zero-order valence-corrected chi connectivity index (χ0v) is 12.3. The first-order chi connectivity index (χ1) is 9.22. The number of methoxy groups -OCH3 is 2. The molecular formula is C13H24N4O2. The van der Waals surface area contributed by atoms with Crippen molar-refractivity contribution in [3.63, 3.8) is 0 Å². The maximum Gasteiger partial charge on any atom is 0.225 e. The summed E-state index contributed by atoms with van der Waals surface area (Å²) in [5, 5.41) is 3.11. The van der Waals surface area contributed by atoms with E-state index < -0.39 is 0 Å². The molecule has 0 aliphatic rings. The van der Waals surface area contributed by atoms with Gasteiger partial charge in [-0.2, -0.15) is 0 Å². The molecule has 0 aliphatic carbocycles. The lowest BCUT2D eigenvalue weighted by atomic mass is 10.2. The molecule has 6 nitrogen and oxygen atoms in total. The molecule has 1 aromatic heterocycles. The van der Waals surface area contributed by atoms with Gasteiger partial charge in [-0.15, -0.1) is 0 Å². The number of rotatable bonds is 9. The van der Waals surface area contributed by atoms with Gasteiger partial charge < -0.3 is 19.7 Å². The average molecular weight is 268 g/mol. The summed E-state index contributed by atoms with van der Waals surface area (Å²) in [6, 6.07) is 0. The Morgan fingerprint density at radius 3 is 2.32 bits per heavy atom. The molecule has 19 heavy (non-hydrogen) atoms. The first-order valence-corrected chi connectivity index (χ1v) is 6.42. The number of aromatic nitrogens is 2. The number of anilines is 1. The fourth-order valence-corrected chi connectivity index (χ4v) is 1.71. The lowest BCUT2D eigenvalue weighted by molar-refractivity contribution is 0.189. The summed E-state index contributed by atoms with van der Waals surface area (Å²) in [7, 11) is 5.30. The highest BCUT2D eigenvalue weighted by molar-refractivity contribution is 5.32. The Morgan fingerprint density at radius 1 is 1.21 bits per heavy atom. The zero-order chi connectivity index (χ0) is 14.1. The molecule has 1 rings (SSSR count). The van der Waals surface area contributed by atoms with Gasteiger partial charge in [-0.1, -0.05) is 0 Å². The molecule has 0 aliphatic heterocycles. The first kappa shape index (κ1) is 15.8. The maximum absolute atomic E-state index is 5.12. The molecule has 108 valence electrons. The van der Waals surface area contributed by atoms with Gasteiger partial charge in [-0.05, 0) is 14.0 Å². The predicted molar refractivity (Wildman–Crippen MR) is 75.5 cm³/mol. The lowest BCUT2D eigenvalue weighted by Gasteiger charge is -2.22. The van der Waals surface area contributed by atoms with Crippen molar-refractivity contribution < 1.29 is 9.47 Å². The Hall–Kier alpha value is -1.24. The van der Waals surface area contributed by atoms with Crippen LogP contribution in [0.5, 0.6) is 0 Å². The van der Waals surface area contributed by atoms with E-state index in [-0.39, 0.29) is 0 Å². The monoisotopic (exact) mass is 268 g/mol. The number of nitrogens with zero attached hydrogens (tertiary/aromatic N) is 3. The molecule has 0 amide bonds. The fraction of sp³-hybridized carbons (Fsp3) is 0.692. The van der Waals surface area contributed by atoms with Gasteiger partial charge in [-0.3, -0.25) is 0 Å². The number of hydrogen-bond donors (Lipinski definition) is 1.